The standard InChI is InChI=1S/C6H12N2O4S2.C6H13NO2.C5H11NO2S.C5H11NO2.C3H7NO2.C2H5NO2/c7-3(5(9)10)1-13-14-2-4(8)6(11)12;1-3-4(2)5(7)6(8)9;1-9-3-2-4(6)5(7)8;1-3(2)4(6)5(7)8;1-2(4)3(5)6;3-1-2(4)5/h3-4H,1-2,7-8H2,(H,9,10)(H,11,12);4-5H,3,7H2,1-2H3,(H,8,9);4H,2-3,6H2,1H3,(H,7,8);3-4H,6H2,1-2H3,(H,7,8);2H,4H2,1H3,(H,5,6);1,3H2,(H,4,5). The van der Waals surface area contributed by atoms with Gasteiger partial charge in [0.1, 0.15) is 36.3 Å². The molecule has 0 saturated carbocycles. The lowest BCUT2D eigenvalue weighted by atomic mass is 10.0. The van der Waals surface area contributed by atoms with Gasteiger partial charge in [-0.1, -0.05) is 55.7 Å². The van der Waals surface area contributed by atoms with Gasteiger partial charge in [-0.25, -0.2) is 0 Å². The number of hydrogen-bond donors (Lipinski definition) is 14. The van der Waals surface area contributed by atoms with Crippen molar-refractivity contribution in [2.75, 3.05) is 30.1 Å². The van der Waals surface area contributed by atoms with E-state index in [-0.39, 0.29) is 29.9 Å². The summed E-state index contributed by atoms with van der Waals surface area (Å²) in [6.45, 7) is 8.45. The van der Waals surface area contributed by atoms with Crippen molar-refractivity contribution in [1.29, 1.82) is 0 Å². The van der Waals surface area contributed by atoms with Gasteiger partial charge in [-0.05, 0) is 37.2 Å². The molecule has 0 heterocycles. The van der Waals surface area contributed by atoms with Crippen molar-refractivity contribution in [2.24, 2.45) is 52.0 Å². The topological polar surface area (TPSA) is 443 Å². The van der Waals surface area contributed by atoms with E-state index in [1.165, 1.54) is 28.5 Å². The molecule has 0 aliphatic rings. The van der Waals surface area contributed by atoms with Gasteiger partial charge in [0.25, 0.3) is 0 Å². The molecule has 0 radical (unpaired) electrons. The molecule has 0 bridgehead atoms. The first-order valence-electron chi connectivity index (χ1n) is 14.7. The first kappa shape index (κ1) is 60.2. The third-order valence-electron chi connectivity index (χ3n) is 5.27. The van der Waals surface area contributed by atoms with Gasteiger partial charge >= 0.3 is 41.8 Å². The minimum Gasteiger partial charge on any atom is -0.480 e. The minimum atomic E-state index is -1.07. The number of rotatable bonds is 18. The number of carbonyl (C=O) groups is 7. The van der Waals surface area contributed by atoms with Crippen molar-refractivity contribution in [3.63, 3.8) is 0 Å². The molecule has 51 heavy (non-hydrogen) atoms. The van der Waals surface area contributed by atoms with Crippen LogP contribution < -0.4 is 40.1 Å². The van der Waals surface area contributed by atoms with Crippen LogP contribution in [-0.2, 0) is 33.6 Å². The molecule has 0 aromatic carbocycles. The summed E-state index contributed by atoms with van der Waals surface area (Å²) in [7, 11) is 2.41. The van der Waals surface area contributed by atoms with Gasteiger partial charge in [-0.3, -0.25) is 33.6 Å². The van der Waals surface area contributed by atoms with Gasteiger partial charge in [0, 0.05) is 11.5 Å². The van der Waals surface area contributed by atoms with Crippen LogP contribution in [0.4, 0.5) is 0 Å². The molecule has 0 aromatic heterocycles. The number of aliphatic carboxylic acids is 7. The van der Waals surface area contributed by atoms with Crippen molar-refractivity contribution < 1.29 is 69.3 Å². The maximum Gasteiger partial charge on any atom is 0.321 e. The fourth-order valence-electron chi connectivity index (χ4n) is 1.54. The van der Waals surface area contributed by atoms with E-state index in [1.807, 2.05) is 20.1 Å². The molecule has 0 aromatic rings. The molecule has 0 amide bonds. The molecule has 0 aliphatic heterocycles. The Morgan fingerprint density at radius 1 is 0.569 bits per heavy atom. The Labute approximate surface area is 309 Å². The van der Waals surface area contributed by atoms with Crippen LogP contribution in [0.5, 0.6) is 0 Å². The lowest BCUT2D eigenvalue weighted by Crippen LogP contribution is -2.36. The van der Waals surface area contributed by atoms with Crippen molar-refractivity contribution in [3.05, 3.63) is 0 Å². The zero-order valence-electron chi connectivity index (χ0n) is 29.6. The number of nitrogens with two attached hydrogens (primary N) is 7. The van der Waals surface area contributed by atoms with Crippen LogP contribution in [0.1, 0.15) is 47.5 Å². The molecule has 0 fully saturated rings. The fraction of sp³-hybridized carbons (Fsp3) is 0.741. The molecule has 0 aliphatic carbocycles. The predicted octanol–water partition coefficient (Wildman–Crippen LogP) is -1.71. The fourth-order valence-corrected chi connectivity index (χ4v) is 4.25. The van der Waals surface area contributed by atoms with Crippen LogP contribution in [0.3, 0.4) is 0 Å². The molecular weight excluding hydrogens is 743 g/mol. The third kappa shape index (κ3) is 49.2. The molecule has 7 unspecified atom stereocenters. The number of carboxylic acid groups (broad SMARTS) is 7. The normalized spacial score (nSPS) is 13.8. The molecule has 0 spiro atoms. The summed E-state index contributed by atoms with van der Waals surface area (Å²) in [5.41, 5.74) is 35.5. The molecule has 0 rings (SSSR count). The van der Waals surface area contributed by atoms with Crippen molar-refractivity contribution in [1.82, 2.24) is 0 Å². The average molecular weight is 802 g/mol. The molecule has 7 atom stereocenters. The summed E-state index contributed by atoms with van der Waals surface area (Å²) in [6.07, 6.45) is 3.29. The van der Waals surface area contributed by atoms with Crippen molar-refractivity contribution >= 4 is 75.1 Å². The van der Waals surface area contributed by atoms with E-state index in [2.05, 4.69) is 5.73 Å². The van der Waals surface area contributed by atoms with E-state index in [0.717, 1.165) is 12.2 Å². The summed E-state index contributed by atoms with van der Waals surface area (Å²) in [5, 5.41) is 57.1. The third-order valence-corrected chi connectivity index (χ3v) is 8.39. The lowest BCUT2D eigenvalue weighted by Gasteiger charge is -2.11. The van der Waals surface area contributed by atoms with Gasteiger partial charge in [0.05, 0.1) is 6.54 Å². The second kappa shape index (κ2) is 38.3. The van der Waals surface area contributed by atoms with Crippen LogP contribution in [0.25, 0.3) is 0 Å². The van der Waals surface area contributed by atoms with Crippen LogP contribution in [-0.4, -0.2) is 144 Å². The minimum absolute atomic E-state index is 0.0208. The Hall–Kier alpha value is -2.94. The lowest BCUT2D eigenvalue weighted by molar-refractivity contribution is -0.140. The van der Waals surface area contributed by atoms with Crippen molar-refractivity contribution in [3.8, 4) is 0 Å². The van der Waals surface area contributed by atoms with Gasteiger partial charge in [-0.2, -0.15) is 11.8 Å². The number of hydrogen-bond acceptors (Lipinski definition) is 17. The first-order chi connectivity index (χ1) is 23.2. The zero-order valence-corrected chi connectivity index (χ0v) is 32.1. The van der Waals surface area contributed by atoms with Crippen LogP contribution >= 0.6 is 33.3 Å². The highest BCUT2D eigenvalue weighted by molar-refractivity contribution is 8.76. The first-order valence-corrected chi connectivity index (χ1v) is 18.6. The monoisotopic (exact) mass is 801 g/mol. The summed E-state index contributed by atoms with van der Waals surface area (Å²) in [6, 6.07) is -4.67. The Morgan fingerprint density at radius 2 is 0.882 bits per heavy atom. The Balaban J connectivity index is -0.000000123. The van der Waals surface area contributed by atoms with Crippen LogP contribution in [0.15, 0.2) is 0 Å². The largest absolute Gasteiger partial charge is 0.480 e. The molecule has 304 valence electrons. The maximum absolute atomic E-state index is 10.3. The second-order valence-electron chi connectivity index (χ2n) is 10.3. The quantitative estimate of drug-likeness (QED) is 0.0542. The molecule has 0 saturated heterocycles. The van der Waals surface area contributed by atoms with E-state index in [1.54, 1.807) is 25.6 Å². The van der Waals surface area contributed by atoms with E-state index in [0.29, 0.717) is 6.42 Å². The van der Waals surface area contributed by atoms with Crippen molar-refractivity contribution in [2.45, 2.75) is 83.7 Å². The highest BCUT2D eigenvalue weighted by Crippen LogP contribution is 2.22. The summed E-state index contributed by atoms with van der Waals surface area (Å²) in [5.74, 6) is -5.46. The van der Waals surface area contributed by atoms with E-state index in [9.17, 15) is 33.6 Å². The van der Waals surface area contributed by atoms with E-state index in [4.69, 9.17) is 70.1 Å². The summed E-state index contributed by atoms with van der Waals surface area (Å²) in [4.78, 5) is 69.6. The molecule has 21 nitrogen and oxygen atoms in total. The smallest absolute Gasteiger partial charge is 0.321 e. The van der Waals surface area contributed by atoms with Gasteiger partial charge in [0.2, 0.25) is 0 Å². The highest BCUT2D eigenvalue weighted by Gasteiger charge is 2.17. The summed E-state index contributed by atoms with van der Waals surface area (Å²) >= 11 is 1.60. The highest BCUT2D eigenvalue weighted by atomic mass is 33.1. The Kier molecular flexibility index (Phi) is 45.2. The maximum atomic E-state index is 10.3. The van der Waals surface area contributed by atoms with Crippen LogP contribution in [0.2, 0.25) is 0 Å². The molecule has 24 heteroatoms. The van der Waals surface area contributed by atoms with Gasteiger partial charge in [0.15, 0.2) is 0 Å². The average Bonchev–Trinajstić information content (AvgIpc) is 3.04. The van der Waals surface area contributed by atoms with Gasteiger partial charge in [-0.15, -0.1) is 0 Å². The van der Waals surface area contributed by atoms with Crippen LogP contribution in [0, 0.1) is 11.8 Å². The zero-order chi connectivity index (χ0) is 42.0. The second-order valence-corrected chi connectivity index (χ2v) is 13.8. The Morgan fingerprint density at radius 3 is 1.02 bits per heavy atom. The SMILES string of the molecule is CC(C)C(N)C(=O)O.CC(N)C(=O)O.CCC(C)C(N)C(=O)O.CSCCC(N)C(=O)O.NC(CSSCC(N)C(=O)O)C(=O)O.NCC(=O)O. The number of thioether (sulfide) groups is 1. The van der Waals surface area contributed by atoms with Gasteiger partial charge < -0.3 is 75.9 Å². The predicted molar refractivity (Wildman–Crippen MR) is 198 cm³/mol. The van der Waals surface area contributed by atoms with E-state index >= 15 is 0 Å². The number of carboxylic acids is 7. The van der Waals surface area contributed by atoms with E-state index < -0.39 is 78.0 Å². The summed E-state index contributed by atoms with van der Waals surface area (Å²) < 4.78 is 0. The molecule has 21 N–H and O–H groups in total. The molecular formula is C27H59N7O14S3. The Bertz CT molecular complexity index is 964.